The number of hydrogen-bond acceptors (Lipinski definition) is 5. The molecule has 2 aliphatic rings. The molecule has 0 spiro atoms. The summed E-state index contributed by atoms with van der Waals surface area (Å²) in [6.45, 7) is 4.67. The first-order chi connectivity index (χ1) is 10.6. The Kier molecular flexibility index (Phi) is 5.17. The van der Waals surface area contributed by atoms with E-state index in [1.165, 1.54) is 15.7 Å². The highest BCUT2D eigenvalue weighted by Gasteiger charge is 2.24. The number of hydrazine groups is 1. The second kappa shape index (κ2) is 7.12. The van der Waals surface area contributed by atoms with Crippen molar-refractivity contribution in [2.45, 2.75) is 6.23 Å². The molecule has 0 aromatic heterocycles. The minimum atomic E-state index is -0.485. The van der Waals surface area contributed by atoms with Crippen molar-refractivity contribution in [1.29, 1.82) is 0 Å². The van der Waals surface area contributed by atoms with Gasteiger partial charge in [-0.2, -0.15) is 0 Å². The van der Waals surface area contributed by atoms with Gasteiger partial charge in [-0.15, -0.1) is 0 Å². The zero-order chi connectivity index (χ0) is 15.5. The van der Waals surface area contributed by atoms with Crippen LogP contribution in [0.1, 0.15) is 0 Å². The van der Waals surface area contributed by atoms with Crippen LogP contribution in [0.2, 0.25) is 0 Å². The van der Waals surface area contributed by atoms with Crippen molar-refractivity contribution in [3.05, 3.63) is 39.9 Å². The van der Waals surface area contributed by atoms with Gasteiger partial charge < -0.3 is 15.0 Å². The largest absolute Gasteiger partial charge is 0.376 e. The molecule has 1 fully saturated rings. The van der Waals surface area contributed by atoms with Gasteiger partial charge in [0.1, 0.15) is 12.0 Å². The highest BCUT2D eigenvalue weighted by Crippen LogP contribution is 2.18. The van der Waals surface area contributed by atoms with E-state index in [4.69, 9.17) is 0 Å². The van der Waals surface area contributed by atoms with Crippen molar-refractivity contribution in [2.75, 3.05) is 44.2 Å². The maximum atomic E-state index is 13.0. The predicted octanol–water partition coefficient (Wildman–Crippen LogP) is 1.36. The van der Waals surface area contributed by atoms with Crippen LogP contribution in [0.15, 0.2) is 34.0 Å². The molecule has 0 radical (unpaired) electrons. The van der Waals surface area contributed by atoms with Crippen molar-refractivity contribution in [3.63, 3.8) is 0 Å². The van der Waals surface area contributed by atoms with Crippen LogP contribution in [0.25, 0.3) is 0 Å². The molecule has 0 bridgehead atoms. The molecule has 1 atom stereocenters. The minimum absolute atomic E-state index is 0.210. The van der Waals surface area contributed by atoms with Gasteiger partial charge in [0.15, 0.2) is 0 Å². The van der Waals surface area contributed by atoms with Gasteiger partial charge in [0, 0.05) is 48.2 Å². The molecule has 1 saturated heterocycles. The van der Waals surface area contributed by atoms with Crippen LogP contribution in [-0.4, -0.2) is 60.5 Å². The SMILES string of the molecule is OC(CN1C=C(I)CN1)N1CCN(c2ccc(F)cc2)CC1. The van der Waals surface area contributed by atoms with Crippen molar-refractivity contribution >= 4 is 28.3 Å². The Labute approximate surface area is 143 Å². The predicted molar refractivity (Wildman–Crippen MR) is 93.0 cm³/mol. The standard InChI is InChI=1S/C15H20FIN4O/c16-12-1-3-14(4-2-12)19-5-7-20(8-6-19)15(22)11-21-10-13(17)9-18-21/h1-4,10,15,18,22H,5-9,11H2. The maximum absolute atomic E-state index is 13.0. The lowest BCUT2D eigenvalue weighted by Crippen LogP contribution is -2.53. The minimum Gasteiger partial charge on any atom is -0.376 e. The summed E-state index contributed by atoms with van der Waals surface area (Å²) < 4.78 is 14.2. The van der Waals surface area contributed by atoms with Crippen LogP contribution < -0.4 is 10.3 Å². The summed E-state index contributed by atoms with van der Waals surface area (Å²) >= 11 is 2.29. The highest BCUT2D eigenvalue weighted by molar-refractivity contribution is 14.1. The molecule has 3 rings (SSSR count). The summed E-state index contributed by atoms with van der Waals surface area (Å²) in [5.74, 6) is -0.210. The summed E-state index contributed by atoms with van der Waals surface area (Å²) in [5, 5.41) is 12.3. The number of nitrogens with zero attached hydrogens (tertiary/aromatic N) is 3. The summed E-state index contributed by atoms with van der Waals surface area (Å²) in [6, 6.07) is 6.59. The first-order valence-corrected chi connectivity index (χ1v) is 8.49. The number of β-amino-alcohol motifs (C(OH)–C–C–N with tert-alkyl or cyclic N) is 1. The first-order valence-electron chi connectivity index (χ1n) is 7.41. The molecule has 120 valence electrons. The van der Waals surface area contributed by atoms with Gasteiger partial charge in [-0.1, -0.05) is 0 Å². The molecular formula is C15H20FIN4O. The monoisotopic (exact) mass is 418 g/mol. The van der Waals surface area contributed by atoms with Crippen LogP contribution in [0.5, 0.6) is 0 Å². The molecule has 0 aliphatic carbocycles. The van der Waals surface area contributed by atoms with Crippen molar-refractivity contribution in [2.24, 2.45) is 0 Å². The molecule has 0 amide bonds. The second-order valence-electron chi connectivity index (χ2n) is 5.54. The number of hydrogen-bond donors (Lipinski definition) is 2. The van der Waals surface area contributed by atoms with Crippen molar-refractivity contribution in [3.8, 4) is 0 Å². The van der Waals surface area contributed by atoms with Gasteiger partial charge in [0.2, 0.25) is 0 Å². The topological polar surface area (TPSA) is 42.0 Å². The van der Waals surface area contributed by atoms with E-state index in [-0.39, 0.29) is 5.82 Å². The van der Waals surface area contributed by atoms with E-state index in [0.717, 1.165) is 38.4 Å². The average Bonchev–Trinajstić information content (AvgIpc) is 2.93. The van der Waals surface area contributed by atoms with Gasteiger partial charge in [-0.3, -0.25) is 4.90 Å². The van der Waals surface area contributed by atoms with E-state index in [2.05, 4.69) is 37.8 Å². The number of benzene rings is 1. The lowest BCUT2D eigenvalue weighted by atomic mass is 10.2. The fourth-order valence-electron chi connectivity index (χ4n) is 2.78. The molecule has 1 aromatic rings. The number of rotatable bonds is 4. The van der Waals surface area contributed by atoms with E-state index in [0.29, 0.717) is 6.54 Å². The molecule has 2 heterocycles. The Morgan fingerprint density at radius 1 is 1.18 bits per heavy atom. The lowest BCUT2D eigenvalue weighted by Gasteiger charge is -2.39. The zero-order valence-electron chi connectivity index (χ0n) is 12.3. The molecule has 0 saturated carbocycles. The van der Waals surface area contributed by atoms with E-state index in [9.17, 15) is 9.50 Å². The fraction of sp³-hybridized carbons (Fsp3) is 0.467. The van der Waals surface area contributed by atoms with E-state index in [1.807, 2.05) is 23.3 Å². The summed E-state index contributed by atoms with van der Waals surface area (Å²) in [5.41, 5.74) is 4.25. The Hall–Kier alpha value is -0.900. The van der Waals surface area contributed by atoms with Crippen LogP contribution in [0.4, 0.5) is 10.1 Å². The fourth-order valence-corrected chi connectivity index (χ4v) is 3.28. The number of halogens is 2. The van der Waals surface area contributed by atoms with Crippen LogP contribution in [-0.2, 0) is 0 Å². The van der Waals surface area contributed by atoms with Gasteiger partial charge in [-0.25, -0.2) is 9.82 Å². The number of nitrogens with one attached hydrogen (secondary N) is 1. The van der Waals surface area contributed by atoms with Crippen LogP contribution >= 0.6 is 22.6 Å². The molecule has 5 nitrogen and oxygen atoms in total. The third-order valence-electron chi connectivity index (χ3n) is 4.03. The first kappa shape index (κ1) is 16.0. The summed E-state index contributed by atoms with van der Waals surface area (Å²) in [6.07, 6.45) is 1.54. The van der Waals surface area contributed by atoms with Crippen molar-refractivity contribution < 1.29 is 9.50 Å². The molecule has 1 aromatic carbocycles. The maximum Gasteiger partial charge on any atom is 0.126 e. The molecule has 7 heteroatoms. The third-order valence-corrected chi connectivity index (χ3v) is 4.69. The molecule has 1 unspecified atom stereocenters. The van der Waals surface area contributed by atoms with E-state index >= 15 is 0 Å². The van der Waals surface area contributed by atoms with E-state index in [1.54, 1.807) is 0 Å². The summed E-state index contributed by atoms with van der Waals surface area (Å²) in [7, 11) is 0. The zero-order valence-corrected chi connectivity index (χ0v) is 14.4. The van der Waals surface area contributed by atoms with Crippen molar-refractivity contribution in [1.82, 2.24) is 15.3 Å². The normalized spacial score (nSPS) is 21.1. The van der Waals surface area contributed by atoms with Gasteiger partial charge in [0.05, 0.1) is 6.54 Å². The smallest absolute Gasteiger partial charge is 0.126 e. The third kappa shape index (κ3) is 3.89. The average molecular weight is 418 g/mol. The van der Waals surface area contributed by atoms with Crippen LogP contribution in [0, 0.1) is 5.82 Å². The Bertz CT molecular complexity index is 531. The van der Waals surface area contributed by atoms with Gasteiger partial charge >= 0.3 is 0 Å². The lowest BCUT2D eigenvalue weighted by molar-refractivity contribution is -0.0212. The molecular weight excluding hydrogens is 398 g/mol. The Morgan fingerprint density at radius 2 is 1.86 bits per heavy atom. The quantitative estimate of drug-likeness (QED) is 0.724. The molecule has 2 N–H and O–H groups in total. The molecule has 22 heavy (non-hydrogen) atoms. The van der Waals surface area contributed by atoms with E-state index < -0.39 is 6.23 Å². The number of aliphatic hydroxyl groups excluding tert-OH is 1. The number of aliphatic hydroxyl groups is 1. The highest BCUT2D eigenvalue weighted by atomic mass is 127. The number of piperazine rings is 1. The molecule has 2 aliphatic heterocycles. The Morgan fingerprint density at radius 3 is 2.45 bits per heavy atom. The van der Waals surface area contributed by atoms with Gasteiger partial charge in [-0.05, 0) is 46.9 Å². The number of anilines is 1. The van der Waals surface area contributed by atoms with Crippen LogP contribution in [0.3, 0.4) is 0 Å². The van der Waals surface area contributed by atoms with Gasteiger partial charge in [0.25, 0.3) is 0 Å². The Balaban J connectivity index is 1.49. The second-order valence-corrected chi connectivity index (χ2v) is 6.93. The summed E-state index contributed by atoms with van der Waals surface area (Å²) in [4.78, 5) is 4.31.